The number of carbonyl (C=O) groups excluding carboxylic acids is 8. The van der Waals surface area contributed by atoms with Crippen molar-refractivity contribution in [2.24, 2.45) is 51.1 Å². The van der Waals surface area contributed by atoms with Crippen molar-refractivity contribution in [2.45, 2.75) is 149 Å². The quantitative estimate of drug-likeness (QED) is 0.0271. The molecule has 1 heterocycles. The maximum atomic E-state index is 12.2. The van der Waals surface area contributed by atoms with Crippen LogP contribution in [0.2, 0.25) is 0 Å². The average molecular weight is 1040 g/mol. The topological polar surface area (TPSA) is 257 Å². The first-order valence-corrected chi connectivity index (χ1v) is 23.2. The molecule has 72 heavy (non-hydrogen) atoms. The Balaban J connectivity index is -0.0000000988. The zero-order valence-corrected chi connectivity index (χ0v) is 48.6. The second-order valence-corrected chi connectivity index (χ2v) is 17.6. The summed E-state index contributed by atoms with van der Waals surface area (Å²) in [5.74, 6) is -0.523. The molecule has 0 bridgehead atoms. The minimum atomic E-state index is -0.661. The van der Waals surface area contributed by atoms with Gasteiger partial charge in [-0.25, -0.2) is 0 Å². The Morgan fingerprint density at radius 2 is 1.10 bits per heavy atom. The van der Waals surface area contributed by atoms with Crippen molar-refractivity contribution >= 4 is 56.4 Å². The fraction of sp³-hybridized carbons (Fsp3) is 0.788. The minimum absolute atomic E-state index is 0. The number of carbonyl (C=O) groups is 8. The molecular weight excluding hydrogens is 938 g/mol. The van der Waals surface area contributed by atoms with Gasteiger partial charge in [-0.05, 0) is 70.3 Å². The van der Waals surface area contributed by atoms with E-state index in [1.807, 2.05) is 48.5 Å². The van der Waals surface area contributed by atoms with E-state index < -0.39 is 16.2 Å². The third kappa shape index (κ3) is 30.4. The van der Waals surface area contributed by atoms with E-state index in [9.17, 15) is 38.4 Å². The normalized spacial score (nSPS) is 16.8. The molecular formula is C52H99BN4NaO14. The van der Waals surface area contributed by atoms with E-state index in [1.165, 1.54) is 42.7 Å². The fourth-order valence-corrected chi connectivity index (χ4v) is 6.95. The van der Waals surface area contributed by atoms with Crippen molar-refractivity contribution in [2.75, 3.05) is 75.4 Å². The van der Waals surface area contributed by atoms with E-state index in [4.69, 9.17) is 31.8 Å². The van der Waals surface area contributed by atoms with E-state index in [2.05, 4.69) is 53.8 Å². The van der Waals surface area contributed by atoms with Gasteiger partial charge in [0.2, 0.25) is 5.91 Å². The number of allylic oxidation sites excluding steroid dienone is 1. The molecule has 3 radical (unpaired) electrons. The van der Waals surface area contributed by atoms with Gasteiger partial charge in [0.1, 0.15) is 12.8 Å². The van der Waals surface area contributed by atoms with Crippen LogP contribution in [0.3, 0.4) is 0 Å². The molecule has 0 aromatic rings. The molecule has 1 saturated heterocycles. The van der Waals surface area contributed by atoms with Crippen LogP contribution < -0.4 is 40.6 Å². The van der Waals surface area contributed by atoms with Crippen LogP contribution in [0.4, 0.5) is 0 Å². The van der Waals surface area contributed by atoms with Crippen molar-refractivity contribution in [3.8, 4) is 0 Å². The van der Waals surface area contributed by atoms with Gasteiger partial charge < -0.3 is 61.0 Å². The summed E-state index contributed by atoms with van der Waals surface area (Å²) in [6.07, 6.45) is 8.65. The maximum absolute atomic E-state index is 12.2. The number of nitrogens with one attached hydrogen (secondary N) is 1. The monoisotopic (exact) mass is 1040 g/mol. The van der Waals surface area contributed by atoms with Crippen molar-refractivity contribution < 1.29 is 96.3 Å². The van der Waals surface area contributed by atoms with Crippen molar-refractivity contribution in [3.63, 3.8) is 0 Å². The molecule has 0 aliphatic carbocycles. The summed E-state index contributed by atoms with van der Waals surface area (Å²) < 4.78 is 27.6. The Hall–Kier alpha value is -3.83. The number of rotatable bonds is 23. The summed E-state index contributed by atoms with van der Waals surface area (Å²) >= 11 is 0. The van der Waals surface area contributed by atoms with Crippen molar-refractivity contribution in [1.82, 2.24) is 10.2 Å². The summed E-state index contributed by atoms with van der Waals surface area (Å²) in [5.41, 5.74) is 2.91. The number of likely N-dealkylation sites (tertiary alicyclic amines) is 1. The molecule has 18 nitrogen and oxygen atoms in total. The number of hydrogen-bond donors (Lipinski definition) is 2. The molecule has 8 atom stereocenters. The van der Waals surface area contributed by atoms with Crippen LogP contribution in [-0.4, -0.2) is 137 Å². The second kappa shape index (κ2) is 48.1. The predicted molar refractivity (Wildman–Crippen MR) is 280 cm³/mol. The number of methoxy groups -OCH3 is 6. The maximum Gasteiger partial charge on any atom is 1.00 e. The molecule has 1 rings (SSSR count). The fourth-order valence-electron chi connectivity index (χ4n) is 6.95. The zero-order valence-electron chi connectivity index (χ0n) is 46.6. The smallest absolute Gasteiger partial charge is 0.512 e. The molecule has 1 fully saturated rings. The Kier molecular flexibility index (Phi) is 58.7. The van der Waals surface area contributed by atoms with E-state index in [0.717, 1.165) is 38.4 Å². The third-order valence-electron chi connectivity index (χ3n) is 13.8. The molecule has 3 N–H and O–H groups in total. The predicted octanol–water partition coefficient (Wildman–Crippen LogP) is 4.51. The summed E-state index contributed by atoms with van der Waals surface area (Å²) in [6.45, 7) is 33.9. The molecule has 0 spiro atoms. The Bertz CT molecular complexity index is 1490. The third-order valence-corrected chi connectivity index (χ3v) is 13.8. The van der Waals surface area contributed by atoms with Crippen LogP contribution in [-0.2, 0) is 66.8 Å². The van der Waals surface area contributed by atoms with Crippen molar-refractivity contribution in [1.29, 1.82) is 5.26 Å². The summed E-state index contributed by atoms with van der Waals surface area (Å²) in [6, 6.07) is 0. The first kappa shape index (κ1) is 87.9. The Labute approximate surface area is 460 Å². The number of nitrogens with zero attached hydrogens (tertiary/aromatic N) is 2. The molecule has 1 amide bonds. The number of esters is 6. The molecule has 1 aliphatic rings. The molecule has 0 saturated carbocycles. The molecule has 0 aromatic carbocycles. The van der Waals surface area contributed by atoms with E-state index in [-0.39, 0.29) is 138 Å². The number of ether oxygens (including phenoxy) is 6. The van der Waals surface area contributed by atoms with Gasteiger partial charge in [-0.2, -0.15) is 0 Å². The number of aldehydes is 1. The van der Waals surface area contributed by atoms with Gasteiger partial charge in [-0.3, -0.25) is 33.6 Å². The van der Waals surface area contributed by atoms with Gasteiger partial charge in [0.15, 0.2) is 0 Å². The van der Waals surface area contributed by atoms with Gasteiger partial charge in [0, 0.05) is 21.4 Å². The van der Waals surface area contributed by atoms with Crippen LogP contribution >= 0.6 is 0 Å². The second-order valence-electron chi connectivity index (χ2n) is 17.6. The standard InChI is InChI=1S/C13H25NO4.C12H21NO3.C11H20O2.C10H18O3.C3H7NO2.CN.2CH4.B.Na/c1-6-10(2)13(3,12(16)18-5)7-8-14-9-11(15)17-4;1-5-9(2)12(3)6-7-13(11(12)15)8-10(14)16-4;1-6-8-11(4,9(3)7-2)10(12)13-5;1-5-8(2)10(3,6-7-11)9(12)13-4;1-6-3(5)2-4;1-2;;;;/h10,14H,6-9H2,1-5H3;9H,5-8H2,1-4H3;6,9H,1,7-8H2,2-5H3;7-8H,5-6H2,1-4H3;2,4H2,1H3;;2*1H4;;/q;;;;;-1;;;;+1/t10?,13-;9?,12-;9?,11-;8?,10-;;;;;;/m1111....../s1. The largest absolute Gasteiger partial charge is 1.00 e. The van der Waals surface area contributed by atoms with Gasteiger partial charge in [-0.1, -0.05) is 109 Å². The SMILES string of the molecule is C.C.C=CC[C@@](C)(C(=O)OC)C(C)CC.CCC(C)[C@@](C)(CC=O)C(=O)OC.CCC(C)[C@@](C)(CCNCC(=O)OC)C(=O)OC.CCC(C)[C@@]1(C)CCN(CC(=O)OC)C1=O.COC(=O)CN.[B].[C-]#N.[Na+]. The van der Waals surface area contributed by atoms with Crippen LogP contribution in [0.5, 0.6) is 0 Å². The van der Waals surface area contributed by atoms with Crippen LogP contribution in [0.1, 0.15) is 149 Å². The molecule has 0 aromatic heterocycles. The van der Waals surface area contributed by atoms with Gasteiger partial charge in [0.05, 0.1) is 77.4 Å². The van der Waals surface area contributed by atoms with Crippen LogP contribution in [0.25, 0.3) is 0 Å². The average Bonchev–Trinajstić information content (AvgIpc) is 3.65. The van der Waals surface area contributed by atoms with Gasteiger partial charge in [-0.15, -0.1) is 6.58 Å². The zero-order chi connectivity index (χ0) is 54.5. The van der Waals surface area contributed by atoms with E-state index in [0.29, 0.717) is 37.8 Å². The number of hydrogen-bond acceptors (Lipinski definition) is 17. The number of nitrogens with two attached hydrogens (primary N) is 1. The van der Waals surface area contributed by atoms with Crippen LogP contribution in [0, 0.1) is 57.2 Å². The summed E-state index contributed by atoms with van der Waals surface area (Å²) in [4.78, 5) is 91.1. The van der Waals surface area contributed by atoms with E-state index >= 15 is 0 Å². The molecule has 20 heteroatoms. The van der Waals surface area contributed by atoms with E-state index in [1.54, 1.807) is 17.9 Å². The molecule has 1 aliphatic heterocycles. The van der Waals surface area contributed by atoms with Gasteiger partial charge in [0.25, 0.3) is 0 Å². The summed E-state index contributed by atoms with van der Waals surface area (Å²) in [7, 11) is 8.19. The Morgan fingerprint density at radius 1 is 0.722 bits per heavy atom. The summed E-state index contributed by atoms with van der Waals surface area (Å²) in [5, 5.41) is 9.22. The van der Waals surface area contributed by atoms with Gasteiger partial charge >= 0.3 is 65.4 Å². The number of amides is 1. The van der Waals surface area contributed by atoms with Crippen molar-refractivity contribution in [3.05, 3.63) is 19.2 Å². The molecule has 4 unspecified atom stereocenters. The minimum Gasteiger partial charge on any atom is -0.512 e. The van der Waals surface area contributed by atoms with Crippen LogP contribution in [0.15, 0.2) is 12.7 Å². The molecule has 415 valence electrons. The first-order chi connectivity index (χ1) is 31.7. The Morgan fingerprint density at radius 3 is 1.40 bits per heavy atom. The first-order valence-electron chi connectivity index (χ1n) is 23.2.